The second kappa shape index (κ2) is 8.93. The number of benzene rings is 1. The highest BCUT2D eigenvalue weighted by Gasteiger charge is 2.16. The van der Waals surface area contributed by atoms with Gasteiger partial charge in [-0.2, -0.15) is 0 Å². The van der Waals surface area contributed by atoms with Crippen molar-refractivity contribution >= 4 is 17.7 Å². The number of aromatic nitrogens is 3. The van der Waals surface area contributed by atoms with Crippen LogP contribution in [-0.2, 0) is 4.79 Å². The number of carbonyl (C=O) groups excluding carboxylic acids is 1. The lowest BCUT2D eigenvalue weighted by Crippen LogP contribution is -2.31. The molecule has 1 saturated carbocycles. The number of nitrogens with two attached hydrogens (primary N) is 1. The number of nitrogens with one attached hydrogen (secondary N) is 1. The van der Waals surface area contributed by atoms with Crippen molar-refractivity contribution in [2.45, 2.75) is 37.3 Å². The molecular weight excluding hydrogens is 350 g/mol. The fraction of sp³-hybridized carbons (Fsp3) is 0.500. The first kappa shape index (κ1) is 18.6. The second-order valence-corrected chi connectivity index (χ2v) is 7.44. The van der Waals surface area contributed by atoms with E-state index in [0.717, 1.165) is 17.9 Å². The molecule has 0 saturated heterocycles. The molecular formula is C18H25N5O2S. The Morgan fingerprint density at radius 2 is 2.00 bits per heavy atom. The van der Waals surface area contributed by atoms with E-state index < -0.39 is 0 Å². The SMILES string of the molecule is COc1ccc(-c2nnc(SCC(=O)NCC3CCCCC3)n2N)cc1. The molecule has 3 rings (SSSR count). The molecule has 3 N–H and O–H groups in total. The van der Waals surface area contributed by atoms with Crippen molar-refractivity contribution in [2.24, 2.45) is 5.92 Å². The lowest BCUT2D eigenvalue weighted by Gasteiger charge is -2.21. The number of rotatable bonds is 7. The van der Waals surface area contributed by atoms with Gasteiger partial charge in [0.2, 0.25) is 11.1 Å². The number of methoxy groups -OCH3 is 1. The Hall–Kier alpha value is -2.22. The summed E-state index contributed by atoms with van der Waals surface area (Å²) >= 11 is 1.29. The third-order valence-corrected chi connectivity index (χ3v) is 5.60. The molecule has 0 unspecified atom stereocenters. The fourth-order valence-corrected chi connectivity index (χ4v) is 3.83. The lowest BCUT2D eigenvalue weighted by molar-refractivity contribution is -0.118. The Kier molecular flexibility index (Phi) is 6.38. The summed E-state index contributed by atoms with van der Waals surface area (Å²) in [6, 6.07) is 7.43. The predicted octanol–water partition coefficient (Wildman–Crippen LogP) is 2.46. The molecule has 0 atom stereocenters. The van der Waals surface area contributed by atoms with E-state index in [1.165, 1.54) is 48.5 Å². The smallest absolute Gasteiger partial charge is 0.230 e. The van der Waals surface area contributed by atoms with Crippen LogP contribution in [0.25, 0.3) is 11.4 Å². The summed E-state index contributed by atoms with van der Waals surface area (Å²) in [7, 11) is 1.62. The summed E-state index contributed by atoms with van der Waals surface area (Å²) in [6.07, 6.45) is 6.31. The van der Waals surface area contributed by atoms with Gasteiger partial charge in [0.1, 0.15) is 5.75 Å². The van der Waals surface area contributed by atoms with Gasteiger partial charge in [-0.15, -0.1) is 10.2 Å². The molecule has 26 heavy (non-hydrogen) atoms. The number of nitrogens with zero attached hydrogens (tertiary/aromatic N) is 3. The molecule has 0 radical (unpaired) electrons. The summed E-state index contributed by atoms with van der Waals surface area (Å²) < 4.78 is 6.57. The number of carbonyl (C=O) groups is 1. The van der Waals surface area contributed by atoms with Gasteiger partial charge in [0.25, 0.3) is 0 Å². The maximum absolute atomic E-state index is 12.1. The zero-order valence-corrected chi connectivity index (χ0v) is 15.8. The Bertz CT molecular complexity index is 726. The van der Waals surface area contributed by atoms with E-state index in [0.29, 0.717) is 16.9 Å². The van der Waals surface area contributed by atoms with Gasteiger partial charge in [0, 0.05) is 12.1 Å². The number of hydrogen-bond acceptors (Lipinski definition) is 6. The number of ether oxygens (including phenoxy) is 1. The zero-order valence-electron chi connectivity index (χ0n) is 15.0. The molecule has 1 aliphatic rings. The van der Waals surface area contributed by atoms with Gasteiger partial charge in [-0.1, -0.05) is 31.0 Å². The monoisotopic (exact) mass is 375 g/mol. The first-order chi connectivity index (χ1) is 12.7. The highest BCUT2D eigenvalue weighted by atomic mass is 32.2. The third-order valence-electron chi connectivity index (χ3n) is 4.66. The minimum absolute atomic E-state index is 0.00886. The van der Waals surface area contributed by atoms with E-state index in [4.69, 9.17) is 10.6 Å². The Balaban J connectivity index is 1.51. The van der Waals surface area contributed by atoms with Crippen LogP contribution in [0.4, 0.5) is 0 Å². The number of thioether (sulfide) groups is 1. The largest absolute Gasteiger partial charge is 0.497 e. The first-order valence-electron chi connectivity index (χ1n) is 8.92. The standard InChI is InChI=1S/C18H25N5O2S/c1-25-15-9-7-14(8-10-15)17-21-22-18(23(17)19)26-12-16(24)20-11-13-5-3-2-4-6-13/h7-10,13H,2-6,11-12,19H2,1H3,(H,20,24). The van der Waals surface area contributed by atoms with Crippen LogP contribution in [0.5, 0.6) is 5.75 Å². The molecule has 8 heteroatoms. The molecule has 2 aromatic rings. The second-order valence-electron chi connectivity index (χ2n) is 6.50. The summed E-state index contributed by atoms with van der Waals surface area (Å²) in [5, 5.41) is 11.8. The van der Waals surface area contributed by atoms with Gasteiger partial charge in [-0.3, -0.25) is 4.79 Å². The summed E-state index contributed by atoms with van der Waals surface area (Å²) in [5.41, 5.74) is 0.842. The molecule has 7 nitrogen and oxygen atoms in total. The van der Waals surface area contributed by atoms with Crippen LogP contribution < -0.4 is 15.9 Å². The van der Waals surface area contributed by atoms with E-state index in [1.807, 2.05) is 24.3 Å². The van der Waals surface area contributed by atoms with Crippen molar-refractivity contribution in [3.8, 4) is 17.1 Å². The Labute approximate surface area is 157 Å². The van der Waals surface area contributed by atoms with Gasteiger partial charge in [0.05, 0.1) is 12.9 Å². The van der Waals surface area contributed by atoms with Crippen LogP contribution in [0, 0.1) is 5.92 Å². The van der Waals surface area contributed by atoms with Crippen molar-refractivity contribution < 1.29 is 9.53 Å². The van der Waals surface area contributed by atoms with E-state index in [1.54, 1.807) is 7.11 Å². The van der Waals surface area contributed by atoms with E-state index in [9.17, 15) is 4.79 Å². The molecule has 1 aromatic carbocycles. The Morgan fingerprint density at radius 3 is 2.69 bits per heavy atom. The summed E-state index contributed by atoms with van der Waals surface area (Å²) in [6.45, 7) is 0.770. The highest BCUT2D eigenvalue weighted by Crippen LogP contribution is 2.24. The van der Waals surface area contributed by atoms with Crippen molar-refractivity contribution in [1.82, 2.24) is 20.2 Å². The van der Waals surface area contributed by atoms with Crippen molar-refractivity contribution in [1.29, 1.82) is 0 Å². The molecule has 0 bridgehead atoms. The minimum Gasteiger partial charge on any atom is -0.497 e. The van der Waals surface area contributed by atoms with Gasteiger partial charge in [0.15, 0.2) is 5.82 Å². The maximum Gasteiger partial charge on any atom is 0.230 e. The molecule has 0 spiro atoms. The average Bonchev–Trinajstić information content (AvgIpc) is 3.06. The first-order valence-corrected chi connectivity index (χ1v) is 9.90. The molecule has 1 amide bonds. The molecule has 1 aliphatic carbocycles. The van der Waals surface area contributed by atoms with E-state index >= 15 is 0 Å². The quantitative estimate of drug-likeness (QED) is 0.570. The van der Waals surface area contributed by atoms with Gasteiger partial charge in [-0.05, 0) is 43.0 Å². The normalized spacial score (nSPS) is 15.0. The lowest BCUT2D eigenvalue weighted by atomic mass is 9.89. The van der Waals surface area contributed by atoms with Gasteiger partial charge >= 0.3 is 0 Å². The summed E-state index contributed by atoms with van der Waals surface area (Å²) in [5.74, 6) is 8.32. The molecule has 140 valence electrons. The van der Waals surface area contributed by atoms with Gasteiger partial charge < -0.3 is 15.9 Å². The molecule has 1 aromatic heterocycles. The Morgan fingerprint density at radius 1 is 1.27 bits per heavy atom. The topological polar surface area (TPSA) is 95.1 Å². The van der Waals surface area contributed by atoms with Crippen LogP contribution >= 0.6 is 11.8 Å². The van der Waals surface area contributed by atoms with Crippen LogP contribution in [0.3, 0.4) is 0 Å². The van der Waals surface area contributed by atoms with Crippen LogP contribution in [0.2, 0.25) is 0 Å². The maximum atomic E-state index is 12.1. The molecule has 0 aliphatic heterocycles. The van der Waals surface area contributed by atoms with E-state index in [2.05, 4.69) is 15.5 Å². The number of amides is 1. The third kappa shape index (κ3) is 4.69. The number of nitrogen functional groups attached to an aromatic ring is 1. The van der Waals surface area contributed by atoms with Crippen molar-refractivity contribution in [2.75, 3.05) is 25.3 Å². The predicted molar refractivity (Wildman–Crippen MR) is 102 cm³/mol. The number of hydrogen-bond donors (Lipinski definition) is 2. The fourth-order valence-electron chi connectivity index (χ4n) is 3.14. The van der Waals surface area contributed by atoms with Gasteiger partial charge in [-0.25, -0.2) is 4.68 Å². The van der Waals surface area contributed by atoms with Crippen LogP contribution in [0.15, 0.2) is 29.4 Å². The van der Waals surface area contributed by atoms with E-state index in [-0.39, 0.29) is 11.7 Å². The molecule has 1 fully saturated rings. The molecule has 1 heterocycles. The van der Waals surface area contributed by atoms with Crippen LogP contribution in [0.1, 0.15) is 32.1 Å². The minimum atomic E-state index is 0.00886. The average molecular weight is 375 g/mol. The highest BCUT2D eigenvalue weighted by molar-refractivity contribution is 7.99. The van der Waals surface area contributed by atoms with Crippen molar-refractivity contribution in [3.05, 3.63) is 24.3 Å². The zero-order chi connectivity index (χ0) is 18.4. The van der Waals surface area contributed by atoms with Crippen molar-refractivity contribution in [3.63, 3.8) is 0 Å². The van der Waals surface area contributed by atoms with Crippen LogP contribution in [-0.4, -0.2) is 40.2 Å². The summed E-state index contributed by atoms with van der Waals surface area (Å²) in [4.78, 5) is 12.1.